The van der Waals surface area contributed by atoms with Gasteiger partial charge in [0.25, 0.3) is 0 Å². The molecule has 2 rings (SSSR count). The van der Waals surface area contributed by atoms with Gasteiger partial charge in [0.05, 0.1) is 24.3 Å². The van der Waals surface area contributed by atoms with Gasteiger partial charge in [0.15, 0.2) is 5.82 Å². The zero-order valence-electron chi connectivity index (χ0n) is 24.1. The summed E-state index contributed by atoms with van der Waals surface area (Å²) >= 11 is 0. The van der Waals surface area contributed by atoms with Crippen LogP contribution < -0.4 is 10.6 Å². The number of hydrogen-bond donors (Lipinski definition) is 2. The third-order valence-electron chi connectivity index (χ3n) is 5.85. The molecule has 0 aliphatic rings. The van der Waals surface area contributed by atoms with Crippen LogP contribution in [0.3, 0.4) is 0 Å². The van der Waals surface area contributed by atoms with Crippen molar-refractivity contribution in [2.75, 3.05) is 39.0 Å². The van der Waals surface area contributed by atoms with E-state index in [0.717, 1.165) is 62.5 Å². The first-order valence-corrected chi connectivity index (χ1v) is 13.4. The molecular formula is C31H48N6. The highest BCUT2D eigenvalue weighted by molar-refractivity contribution is 6.03. The molecule has 0 bridgehead atoms. The number of hydrogen-bond acceptors (Lipinski definition) is 5. The van der Waals surface area contributed by atoms with Gasteiger partial charge in [-0.2, -0.15) is 5.10 Å². The normalized spacial score (nSPS) is 12.0. The predicted octanol–water partition coefficient (Wildman–Crippen LogP) is 6.58. The lowest BCUT2D eigenvalue weighted by Crippen LogP contribution is -2.26. The fourth-order valence-corrected chi connectivity index (χ4v) is 3.87. The lowest BCUT2D eigenvalue weighted by atomic mass is 10.0. The Morgan fingerprint density at radius 3 is 2.62 bits per heavy atom. The number of terminal acetylenes is 1. The Bertz CT molecular complexity index is 1040. The zero-order chi connectivity index (χ0) is 27.5. The van der Waals surface area contributed by atoms with Crippen LogP contribution in [0.5, 0.6) is 0 Å². The number of benzene rings is 1. The molecule has 1 aromatic carbocycles. The van der Waals surface area contributed by atoms with Crippen LogP contribution in [0.2, 0.25) is 0 Å². The molecule has 0 saturated heterocycles. The van der Waals surface area contributed by atoms with Crippen LogP contribution in [0.4, 0.5) is 11.5 Å². The maximum absolute atomic E-state index is 5.03. The highest BCUT2D eigenvalue weighted by atomic mass is 15.4. The molecule has 1 aromatic heterocycles. The van der Waals surface area contributed by atoms with Crippen LogP contribution in [0.15, 0.2) is 59.3 Å². The quantitative estimate of drug-likeness (QED) is 0.125. The minimum absolute atomic E-state index is 0.640. The highest BCUT2D eigenvalue weighted by Crippen LogP contribution is 2.26. The van der Waals surface area contributed by atoms with Crippen molar-refractivity contribution in [3.63, 3.8) is 0 Å². The molecule has 6 heteroatoms. The average molecular weight is 505 g/mol. The fourth-order valence-electron chi connectivity index (χ4n) is 3.87. The molecule has 0 saturated carbocycles. The highest BCUT2D eigenvalue weighted by Gasteiger charge is 2.12. The van der Waals surface area contributed by atoms with Crippen molar-refractivity contribution in [2.45, 2.75) is 67.0 Å². The van der Waals surface area contributed by atoms with Crippen LogP contribution in [-0.4, -0.2) is 54.1 Å². The van der Waals surface area contributed by atoms with Crippen molar-refractivity contribution in [1.29, 1.82) is 0 Å². The minimum atomic E-state index is 0.640. The third-order valence-corrected chi connectivity index (χ3v) is 5.85. The van der Waals surface area contributed by atoms with Crippen molar-refractivity contribution in [2.24, 2.45) is 4.99 Å². The number of nitrogens with one attached hydrogen (secondary N) is 2. The van der Waals surface area contributed by atoms with E-state index < -0.39 is 0 Å². The van der Waals surface area contributed by atoms with E-state index in [1.807, 2.05) is 17.9 Å². The molecule has 0 aliphatic heterocycles. The monoisotopic (exact) mass is 504 g/mol. The molecule has 0 unspecified atom stereocenters. The van der Waals surface area contributed by atoms with E-state index in [1.165, 1.54) is 16.7 Å². The van der Waals surface area contributed by atoms with Crippen molar-refractivity contribution in [1.82, 2.24) is 20.0 Å². The first kappa shape index (κ1) is 31.9. The van der Waals surface area contributed by atoms with Gasteiger partial charge in [-0.25, -0.2) is 9.67 Å². The van der Waals surface area contributed by atoms with Gasteiger partial charge in [0.2, 0.25) is 0 Å². The topological polar surface area (TPSA) is 57.5 Å². The Kier molecular flexibility index (Phi) is 16.4. The van der Waals surface area contributed by atoms with Gasteiger partial charge in [-0.05, 0) is 77.7 Å². The molecule has 0 fully saturated rings. The van der Waals surface area contributed by atoms with E-state index in [4.69, 9.17) is 4.99 Å². The molecule has 2 aromatic rings. The SMILES string of the molecule is C#CC.CC/C=C(C)\C=C/CCN(C)CCCNCn1ncc(NC)c1/N=C(\CC)c1ccccc1C. The van der Waals surface area contributed by atoms with E-state index >= 15 is 0 Å². The van der Waals surface area contributed by atoms with Crippen molar-refractivity contribution in [3.8, 4) is 12.3 Å². The van der Waals surface area contributed by atoms with E-state index in [9.17, 15) is 0 Å². The summed E-state index contributed by atoms with van der Waals surface area (Å²) in [5.74, 6) is 3.12. The summed E-state index contributed by atoms with van der Waals surface area (Å²) in [5.41, 5.74) is 5.81. The van der Waals surface area contributed by atoms with E-state index in [-0.39, 0.29) is 0 Å². The van der Waals surface area contributed by atoms with Gasteiger partial charge in [-0.3, -0.25) is 5.32 Å². The molecule has 37 heavy (non-hydrogen) atoms. The lowest BCUT2D eigenvalue weighted by molar-refractivity contribution is 0.330. The second kappa shape index (κ2) is 19.0. The summed E-state index contributed by atoms with van der Waals surface area (Å²) in [6.07, 6.45) is 17.3. The largest absolute Gasteiger partial charge is 0.384 e. The maximum atomic E-state index is 5.03. The molecule has 202 valence electrons. The molecule has 2 N–H and O–H groups in total. The lowest BCUT2D eigenvalue weighted by Gasteiger charge is -2.16. The van der Waals surface area contributed by atoms with Gasteiger partial charge in [0, 0.05) is 13.6 Å². The molecule has 0 spiro atoms. The summed E-state index contributed by atoms with van der Waals surface area (Å²) in [6, 6.07) is 8.42. The predicted molar refractivity (Wildman–Crippen MR) is 162 cm³/mol. The molecule has 1 heterocycles. The van der Waals surface area contributed by atoms with Crippen molar-refractivity contribution in [3.05, 3.63) is 65.4 Å². The average Bonchev–Trinajstić information content (AvgIpc) is 3.27. The summed E-state index contributed by atoms with van der Waals surface area (Å²) in [7, 11) is 4.11. The van der Waals surface area contributed by atoms with Gasteiger partial charge >= 0.3 is 0 Å². The van der Waals surface area contributed by atoms with Gasteiger partial charge in [-0.1, -0.05) is 61.9 Å². The Morgan fingerprint density at radius 1 is 1.24 bits per heavy atom. The van der Waals surface area contributed by atoms with E-state index in [2.05, 4.69) is 110 Å². The minimum Gasteiger partial charge on any atom is -0.384 e. The zero-order valence-corrected chi connectivity index (χ0v) is 24.1. The maximum Gasteiger partial charge on any atom is 0.175 e. The van der Waals surface area contributed by atoms with E-state index in [1.54, 1.807) is 6.92 Å². The first-order valence-electron chi connectivity index (χ1n) is 13.4. The number of allylic oxidation sites excluding steroid dienone is 3. The second-order valence-electron chi connectivity index (χ2n) is 9.01. The van der Waals surface area contributed by atoms with Crippen LogP contribution in [-0.2, 0) is 6.67 Å². The molecule has 0 atom stereocenters. The second-order valence-corrected chi connectivity index (χ2v) is 9.01. The number of aromatic nitrogens is 2. The number of rotatable bonds is 15. The van der Waals surface area contributed by atoms with Crippen LogP contribution in [0, 0.1) is 19.3 Å². The number of aliphatic imine (C=N–C) groups is 1. The van der Waals surface area contributed by atoms with Crippen molar-refractivity contribution >= 4 is 17.2 Å². The Balaban J connectivity index is 0.00000217. The summed E-state index contributed by atoms with van der Waals surface area (Å²) in [4.78, 5) is 7.42. The molecule has 0 radical (unpaired) electrons. The molecule has 0 amide bonds. The van der Waals surface area contributed by atoms with E-state index in [0.29, 0.717) is 6.67 Å². The summed E-state index contributed by atoms with van der Waals surface area (Å²) in [5, 5.41) is 11.3. The molecule has 0 aliphatic carbocycles. The van der Waals surface area contributed by atoms with Crippen LogP contribution >= 0.6 is 0 Å². The Labute approximate surface area is 226 Å². The smallest absolute Gasteiger partial charge is 0.175 e. The number of anilines is 1. The summed E-state index contributed by atoms with van der Waals surface area (Å²) < 4.78 is 1.94. The van der Waals surface area contributed by atoms with Crippen LogP contribution in [0.1, 0.15) is 64.5 Å². The summed E-state index contributed by atoms with van der Waals surface area (Å²) in [6.45, 7) is 14.0. The number of aryl methyl sites for hydroxylation is 1. The van der Waals surface area contributed by atoms with Gasteiger partial charge in [-0.15, -0.1) is 12.3 Å². The van der Waals surface area contributed by atoms with Crippen LogP contribution in [0.25, 0.3) is 0 Å². The van der Waals surface area contributed by atoms with Crippen molar-refractivity contribution < 1.29 is 0 Å². The fraction of sp³-hybridized carbons (Fsp3) is 0.484. The standard InChI is InChI=1S/C28H44N6.C3H4/c1-7-14-23(3)15-11-12-19-33(6)20-13-18-30-22-34-28(27(29-5)21-31-34)32-26(8-2)25-17-10-9-16-24(25)4;1-3-2/h9-11,14-17,21,29-30H,7-8,12-13,18-20,22H2,1-6H3;1H,2H3/b15-11-,23-14-,32-26+;. The Hall–Kier alpha value is -3.14. The Morgan fingerprint density at radius 2 is 1.97 bits per heavy atom. The molecular weight excluding hydrogens is 456 g/mol. The third kappa shape index (κ3) is 12.1. The van der Waals surface area contributed by atoms with Gasteiger partial charge in [0.1, 0.15) is 0 Å². The molecule has 6 nitrogen and oxygen atoms in total. The number of nitrogens with zero attached hydrogens (tertiary/aromatic N) is 4. The first-order chi connectivity index (χ1) is 17.9. The van der Waals surface area contributed by atoms with Gasteiger partial charge < -0.3 is 10.2 Å².